The molecule has 0 bridgehead atoms. The number of nitrogens with one attached hydrogen (secondary N) is 1. The molecule has 0 atom stereocenters. The summed E-state index contributed by atoms with van der Waals surface area (Å²) >= 11 is 0. The lowest BCUT2D eigenvalue weighted by molar-refractivity contribution is 0.631. The van der Waals surface area contributed by atoms with Crippen LogP contribution in [-0.4, -0.2) is 23.1 Å². The molecule has 1 aromatic heterocycles. The minimum atomic E-state index is -0.318. The van der Waals surface area contributed by atoms with Gasteiger partial charge in [-0.3, -0.25) is 0 Å². The van der Waals surface area contributed by atoms with E-state index in [1.54, 1.807) is 18.2 Å². The summed E-state index contributed by atoms with van der Waals surface area (Å²) in [6, 6.07) is 8.42. The van der Waals surface area contributed by atoms with Gasteiger partial charge in [0.15, 0.2) is 0 Å². The highest BCUT2D eigenvalue weighted by atomic mass is 19.1. The monoisotopic (exact) mass is 274 g/mol. The molecule has 1 aromatic carbocycles. The first kappa shape index (κ1) is 14.2. The lowest BCUT2D eigenvalue weighted by Crippen LogP contribution is -2.23. The summed E-state index contributed by atoms with van der Waals surface area (Å²) in [5.41, 5.74) is 1.23. The molecule has 0 aliphatic rings. The lowest BCUT2D eigenvalue weighted by Gasteiger charge is -2.20. The molecular weight excluding hydrogens is 255 g/mol. The van der Waals surface area contributed by atoms with Gasteiger partial charge in [-0.15, -0.1) is 0 Å². The smallest absolute Gasteiger partial charge is 0.229 e. The van der Waals surface area contributed by atoms with E-state index in [1.807, 2.05) is 13.0 Å². The summed E-state index contributed by atoms with van der Waals surface area (Å²) in [4.78, 5) is 10.9. The van der Waals surface area contributed by atoms with E-state index >= 15 is 0 Å². The largest absolute Gasteiger partial charge is 0.357 e. The van der Waals surface area contributed by atoms with Crippen LogP contribution in [0.25, 0.3) is 0 Å². The first-order chi connectivity index (χ1) is 9.63. The van der Waals surface area contributed by atoms with E-state index in [1.165, 1.54) is 6.07 Å². The topological polar surface area (TPSA) is 41.1 Å². The van der Waals surface area contributed by atoms with E-state index in [2.05, 4.69) is 34.0 Å². The number of anilines is 3. The van der Waals surface area contributed by atoms with Gasteiger partial charge in [0.05, 0.1) is 5.69 Å². The Balaban J connectivity index is 2.31. The second-order valence-electron chi connectivity index (χ2n) is 4.47. The molecule has 0 saturated heterocycles. The van der Waals surface area contributed by atoms with Gasteiger partial charge in [0.25, 0.3) is 0 Å². The molecule has 0 spiro atoms. The lowest BCUT2D eigenvalue weighted by atomic mass is 10.3. The van der Waals surface area contributed by atoms with Crippen LogP contribution in [0.1, 0.15) is 19.5 Å². The van der Waals surface area contributed by atoms with E-state index in [9.17, 15) is 4.39 Å². The average molecular weight is 274 g/mol. The van der Waals surface area contributed by atoms with Crippen LogP contribution in [0.5, 0.6) is 0 Å². The van der Waals surface area contributed by atoms with Gasteiger partial charge in [0.2, 0.25) is 5.95 Å². The van der Waals surface area contributed by atoms with Crippen molar-refractivity contribution < 1.29 is 4.39 Å². The molecule has 0 fully saturated rings. The van der Waals surface area contributed by atoms with Crippen molar-refractivity contribution in [2.45, 2.75) is 20.8 Å². The fourth-order valence-electron chi connectivity index (χ4n) is 2.00. The maximum Gasteiger partial charge on any atom is 0.229 e. The van der Waals surface area contributed by atoms with Crippen LogP contribution in [0.3, 0.4) is 0 Å². The molecule has 0 radical (unpaired) electrons. The number of rotatable bonds is 5. The van der Waals surface area contributed by atoms with Crippen molar-refractivity contribution in [1.29, 1.82) is 0 Å². The van der Waals surface area contributed by atoms with Gasteiger partial charge in [0.1, 0.15) is 11.6 Å². The zero-order chi connectivity index (χ0) is 14.5. The van der Waals surface area contributed by atoms with Gasteiger partial charge in [0, 0.05) is 24.8 Å². The predicted molar refractivity (Wildman–Crippen MR) is 80.0 cm³/mol. The normalized spacial score (nSPS) is 10.4. The third-order valence-corrected chi connectivity index (χ3v) is 3.05. The first-order valence-corrected chi connectivity index (χ1v) is 6.76. The SMILES string of the molecule is CCN(CC)c1cc(C)nc(Nc2ccccc2F)n1. The fraction of sp³-hybridized carbons (Fsp3) is 0.333. The van der Waals surface area contributed by atoms with Gasteiger partial charge in [-0.2, -0.15) is 4.98 Å². The van der Waals surface area contributed by atoms with Crippen molar-refractivity contribution in [2.24, 2.45) is 0 Å². The standard InChI is InChI=1S/C15H19FN4/c1-4-20(5-2)14-10-11(3)17-15(19-14)18-13-9-7-6-8-12(13)16/h6-10H,4-5H2,1-3H3,(H,17,18,19). The van der Waals surface area contributed by atoms with Gasteiger partial charge in [-0.1, -0.05) is 12.1 Å². The third-order valence-electron chi connectivity index (χ3n) is 3.05. The molecule has 0 aliphatic carbocycles. The molecule has 5 heteroatoms. The molecule has 0 saturated carbocycles. The number of nitrogens with zero attached hydrogens (tertiary/aromatic N) is 3. The third kappa shape index (κ3) is 3.23. The van der Waals surface area contributed by atoms with E-state index in [0.29, 0.717) is 11.6 Å². The molecule has 0 aliphatic heterocycles. The van der Waals surface area contributed by atoms with Crippen LogP contribution >= 0.6 is 0 Å². The molecule has 1 N–H and O–H groups in total. The number of benzene rings is 1. The van der Waals surface area contributed by atoms with Gasteiger partial charge < -0.3 is 10.2 Å². The molecule has 0 amide bonds. The summed E-state index contributed by atoms with van der Waals surface area (Å²) < 4.78 is 13.6. The van der Waals surface area contributed by atoms with Crippen LogP contribution in [-0.2, 0) is 0 Å². The highest BCUT2D eigenvalue weighted by molar-refractivity contribution is 5.56. The first-order valence-electron chi connectivity index (χ1n) is 6.76. The summed E-state index contributed by atoms with van der Waals surface area (Å²) in [5, 5.41) is 2.93. The minimum absolute atomic E-state index is 0.318. The summed E-state index contributed by atoms with van der Waals surface area (Å²) in [5.74, 6) is 0.945. The second kappa shape index (κ2) is 6.32. The van der Waals surface area contributed by atoms with Crippen LogP contribution in [0, 0.1) is 12.7 Å². The molecule has 1 heterocycles. The number of hydrogen-bond donors (Lipinski definition) is 1. The highest BCUT2D eigenvalue weighted by Gasteiger charge is 2.09. The molecule has 106 valence electrons. The minimum Gasteiger partial charge on any atom is -0.357 e. The number of hydrogen-bond acceptors (Lipinski definition) is 4. The van der Waals surface area contributed by atoms with E-state index in [4.69, 9.17) is 0 Å². The fourth-order valence-corrected chi connectivity index (χ4v) is 2.00. The van der Waals surface area contributed by atoms with Crippen molar-refractivity contribution in [3.05, 3.63) is 41.8 Å². The zero-order valence-electron chi connectivity index (χ0n) is 12.0. The Bertz CT molecular complexity index is 582. The van der Waals surface area contributed by atoms with E-state index in [-0.39, 0.29) is 5.82 Å². The number of para-hydroxylation sites is 1. The Morgan fingerprint density at radius 2 is 1.85 bits per heavy atom. The number of halogens is 1. The van der Waals surface area contributed by atoms with Gasteiger partial charge >= 0.3 is 0 Å². The van der Waals surface area contributed by atoms with Crippen LogP contribution in [0.15, 0.2) is 30.3 Å². The van der Waals surface area contributed by atoms with Gasteiger partial charge in [-0.05, 0) is 32.9 Å². The van der Waals surface area contributed by atoms with Crippen molar-refractivity contribution in [3.63, 3.8) is 0 Å². The molecule has 4 nitrogen and oxygen atoms in total. The van der Waals surface area contributed by atoms with Crippen molar-refractivity contribution in [3.8, 4) is 0 Å². The summed E-state index contributed by atoms with van der Waals surface area (Å²) in [6.07, 6.45) is 0. The predicted octanol–water partition coefficient (Wildman–Crippen LogP) is 3.51. The Hall–Kier alpha value is -2.17. The molecule has 0 unspecified atom stereocenters. The van der Waals surface area contributed by atoms with Crippen LogP contribution in [0.4, 0.5) is 21.8 Å². The second-order valence-corrected chi connectivity index (χ2v) is 4.47. The van der Waals surface area contributed by atoms with Crippen molar-refractivity contribution in [2.75, 3.05) is 23.3 Å². The average Bonchev–Trinajstić information content (AvgIpc) is 2.42. The van der Waals surface area contributed by atoms with Crippen molar-refractivity contribution >= 4 is 17.5 Å². The molecule has 2 aromatic rings. The maximum atomic E-state index is 13.6. The van der Waals surface area contributed by atoms with E-state index in [0.717, 1.165) is 24.6 Å². The molecular formula is C15H19FN4. The van der Waals surface area contributed by atoms with Gasteiger partial charge in [-0.25, -0.2) is 9.37 Å². The zero-order valence-corrected chi connectivity index (χ0v) is 12.0. The number of aryl methyl sites for hydroxylation is 1. The Labute approximate surface area is 118 Å². The summed E-state index contributed by atoms with van der Waals surface area (Å²) in [7, 11) is 0. The molecule has 2 rings (SSSR count). The Kier molecular flexibility index (Phi) is 4.50. The quantitative estimate of drug-likeness (QED) is 0.905. The van der Waals surface area contributed by atoms with E-state index < -0.39 is 0 Å². The van der Waals surface area contributed by atoms with Crippen LogP contribution < -0.4 is 10.2 Å². The number of aromatic nitrogens is 2. The summed E-state index contributed by atoms with van der Waals surface area (Å²) in [6.45, 7) is 7.79. The highest BCUT2D eigenvalue weighted by Crippen LogP contribution is 2.20. The Morgan fingerprint density at radius 1 is 1.15 bits per heavy atom. The molecule has 20 heavy (non-hydrogen) atoms. The Morgan fingerprint density at radius 3 is 2.50 bits per heavy atom. The maximum absolute atomic E-state index is 13.6. The van der Waals surface area contributed by atoms with Crippen LogP contribution in [0.2, 0.25) is 0 Å². The van der Waals surface area contributed by atoms with Crippen molar-refractivity contribution in [1.82, 2.24) is 9.97 Å².